The van der Waals surface area contributed by atoms with E-state index in [4.69, 9.17) is 0 Å². The van der Waals surface area contributed by atoms with Crippen LogP contribution in [0.25, 0.3) is 0 Å². The minimum atomic E-state index is -0.238. The summed E-state index contributed by atoms with van der Waals surface area (Å²) in [5, 5.41) is 5.43. The number of hydrogen-bond donors (Lipinski definition) is 2. The summed E-state index contributed by atoms with van der Waals surface area (Å²) in [7, 11) is 0. The first-order valence-corrected chi connectivity index (χ1v) is 7.70. The first-order chi connectivity index (χ1) is 10.3. The number of nitrogens with one attached hydrogen (secondary N) is 2. The van der Waals surface area contributed by atoms with Crippen LogP contribution in [0, 0.1) is 11.7 Å². The second-order valence-electron chi connectivity index (χ2n) is 5.50. The van der Waals surface area contributed by atoms with Crippen molar-refractivity contribution in [2.75, 3.05) is 6.54 Å². The van der Waals surface area contributed by atoms with Gasteiger partial charge in [0.1, 0.15) is 5.82 Å². The normalized spacial score (nSPS) is 16.0. The van der Waals surface area contributed by atoms with Crippen molar-refractivity contribution in [2.24, 2.45) is 5.92 Å². The van der Waals surface area contributed by atoms with Crippen molar-refractivity contribution < 1.29 is 9.18 Å². The van der Waals surface area contributed by atoms with Gasteiger partial charge in [0.15, 0.2) is 0 Å². The third kappa shape index (κ3) is 5.58. The zero-order valence-electron chi connectivity index (χ0n) is 12.3. The Hall–Kier alpha value is -1.84. The zero-order valence-corrected chi connectivity index (χ0v) is 12.3. The highest BCUT2D eigenvalue weighted by molar-refractivity contribution is 5.74. The van der Waals surface area contributed by atoms with Gasteiger partial charge in [-0.2, -0.15) is 0 Å². The second-order valence-corrected chi connectivity index (χ2v) is 5.50. The standard InChI is InChI=1S/C17H23FN2O/c18-16-9-5-4-8-15(16)11-13-20-17(21)19-12-10-14-6-2-1-3-7-14/h4-5,8-10,12,14H,1-3,6-7,11,13H2,(H2,19,20,21)/b12-10+. The van der Waals surface area contributed by atoms with E-state index >= 15 is 0 Å². The lowest BCUT2D eigenvalue weighted by molar-refractivity contribution is 0.244. The Morgan fingerprint density at radius 2 is 2.00 bits per heavy atom. The van der Waals surface area contributed by atoms with E-state index in [1.54, 1.807) is 24.4 Å². The van der Waals surface area contributed by atoms with Crippen LogP contribution >= 0.6 is 0 Å². The van der Waals surface area contributed by atoms with Crippen molar-refractivity contribution in [1.82, 2.24) is 10.6 Å². The van der Waals surface area contributed by atoms with E-state index < -0.39 is 0 Å². The molecule has 1 aromatic rings. The molecule has 1 aromatic carbocycles. The highest BCUT2D eigenvalue weighted by atomic mass is 19.1. The Labute approximate surface area is 125 Å². The molecule has 0 heterocycles. The molecule has 21 heavy (non-hydrogen) atoms. The van der Waals surface area contributed by atoms with Gasteiger partial charge < -0.3 is 10.6 Å². The number of allylic oxidation sites excluding steroid dienone is 1. The van der Waals surface area contributed by atoms with Crippen molar-refractivity contribution in [3.63, 3.8) is 0 Å². The summed E-state index contributed by atoms with van der Waals surface area (Å²) >= 11 is 0. The summed E-state index contributed by atoms with van der Waals surface area (Å²) in [6, 6.07) is 6.39. The molecule has 0 atom stereocenters. The predicted molar refractivity (Wildman–Crippen MR) is 82.4 cm³/mol. The fourth-order valence-corrected chi connectivity index (χ4v) is 2.65. The topological polar surface area (TPSA) is 41.1 Å². The van der Waals surface area contributed by atoms with Crippen LogP contribution in [0.4, 0.5) is 9.18 Å². The van der Waals surface area contributed by atoms with Gasteiger partial charge in [-0.05, 0) is 36.8 Å². The third-order valence-electron chi connectivity index (χ3n) is 3.87. The van der Waals surface area contributed by atoms with Crippen LogP contribution in [-0.4, -0.2) is 12.6 Å². The lowest BCUT2D eigenvalue weighted by Gasteiger charge is -2.17. The average Bonchev–Trinajstić information content (AvgIpc) is 2.50. The van der Waals surface area contributed by atoms with Crippen LogP contribution in [0.5, 0.6) is 0 Å². The van der Waals surface area contributed by atoms with Crippen LogP contribution in [0.2, 0.25) is 0 Å². The van der Waals surface area contributed by atoms with Gasteiger partial charge in [-0.15, -0.1) is 0 Å². The van der Waals surface area contributed by atoms with Gasteiger partial charge in [0.25, 0.3) is 0 Å². The van der Waals surface area contributed by atoms with E-state index in [0.717, 1.165) is 0 Å². The van der Waals surface area contributed by atoms with E-state index in [9.17, 15) is 9.18 Å². The second kappa shape index (κ2) is 8.45. The van der Waals surface area contributed by atoms with Gasteiger partial charge in [0.05, 0.1) is 0 Å². The van der Waals surface area contributed by atoms with E-state index in [1.165, 1.54) is 38.2 Å². The SMILES string of the molecule is O=C(N/C=C/C1CCCCC1)NCCc1ccccc1F. The van der Waals surface area contributed by atoms with E-state index in [2.05, 4.69) is 16.7 Å². The van der Waals surface area contributed by atoms with Gasteiger partial charge in [0, 0.05) is 12.7 Å². The van der Waals surface area contributed by atoms with Gasteiger partial charge in [-0.1, -0.05) is 43.5 Å². The molecule has 3 nitrogen and oxygen atoms in total. The number of urea groups is 1. The number of amides is 2. The summed E-state index contributed by atoms with van der Waals surface area (Å²) in [5.74, 6) is 0.370. The molecular formula is C17H23FN2O. The van der Waals surface area contributed by atoms with Crippen molar-refractivity contribution >= 4 is 6.03 Å². The van der Waals surface area contributed by atoms with E-state index in [1.807, 2.05) is 0 Å². The molecule has 1 aliphatic rings. The number of benzene rings is 1. The van der Waals surface area contributed by atoms with Crippen LogP contribution in [0.3, 0.4) is 0 Å². The fraction of sp³-hybridized carbons (Fsp3) is 0.471. The van der Waals surface area contributed by atoms with Gasteiger partial charge in [-0.3, -0.25) is 0 Å². The number of halogens is 1. The van der Waals surface area contributed by atoms with Crippen molar-refractivity contribution in [1.29, 1.82) is 0 Å². The maximum absolute atomic E-state index is 13.4. The number of carbonyl (C=O) groups is 1. The fourth-order valence-electron chi connectivity index (χ4n) is 2.65. The third-order valence-corrected chi connectivity index (χ3v) is 3.87. The zero-order chi connectivity index (χ0) is 14.9. The van der Waals surface area contributed by atoms with Gasteiger partial charge >= 0.3 is 6.03 Å². The van der Waals surface area contributed by atoms with Gasteiger partial charge in [0.2, 0.25) is 0 Å². The van der Waals surface area contributed by atoms with Crippen LogP contribution < -0.4 is 10.6 Å². The minimum absolute atomic E-state index is 0.225. The summed E-state index contributed by atoms with van der Waals surface area (Å²) in [6.45, 7) is 0.421. The summed E-state index contributed by atoms with van der Waals surface area (Å²) in [6.07, 6.45) is 10.6. The monoisotopic (exact) mass is 290 g/mol. The van der Waals surface area contributed by atoms with Crippen LogP contribution in [-0.2, 0) is 6.42 Å². The maximum atomic E-state index is 13.4. The summed E-state index contributed by atoms with van der Waals surface area (Å²) in [5.41, 5.74) is 0.621. The van der Waals surface area contributed by atoms with E-state index in [0.29, 0.717) is 24.4 Å². The molecular weight excluding hydrogens is 267 g/mol. The predicted octanol–water partition coefficient (Wildman–Crippen LogP) is 3.76. The van der Waals surface area contributed by atoms with E-state index in [-0.39, 0.29) is 11.8 Å². The molecule has 4 heteroatoms. The Kier molecular flexibility index (Phi) is 6.25. The Balaban J connectivity index is 1.63. The maximum Gasteiger partial charge on any atom is 0.318 e. The smallest absolute Gasteiger partial charge is 0.318 e. The Morgan fingerprint density at radius 3 is 2.76 bits per heavy atom. The first kappa shape index (κ1) is 15.5. The molecule has 1 fully saturated rings. The van der Waals surface area contributed by atoms with Crippen molar-refractivity contribution in [2.45, 2.75) is 38.5 Å². The largest absolute Gasteiger partial charge is 0.338 e. The summed E-state index contributed by atoms with van der Waals surface area (Å²) in [4.78, 5) is 11.6. The molecule has 114 valence electrons. The molecule has 2 N–H and O–H groups in total. The quantitative estimate of drug-likeness (QED) is 0.851. The average molecular weight is 290 g/mol. The highest BCUT2D eigenvalue weighted by Gasteiger charge is 2.09. The molecule has 2 rings (SSSR count). The molecule has 2 amide bonds. The molecule has 0 aliphatic heterocycles. The highest BCUT2D eigenvalue weighted by Crippen LogP contribution is 2.24. The van der Waals surface area contributed by atoms with Gasteiger partial charge in [-0.25, -0.2) is 9.18 Å². The lowest BCUT2D eigenvalue weighted by atomic mass is 9.89. The Bertz CT molecular complexity index is 481. The Morgan fingerprint density at radius 1 is 1.24 bits per heavy atom. The number of rotatable bonds is 5. The molecule has 0 spiro atoms. The van der Waals surface area contributed by atoms with Crippen molar-refractivity contribution in [3.05, 3.63) is 47.9 Å². The molecule has 1 aliphatic carbocycles. The van der Waals surface area contributed by atoms with Crippen molar-refractivity contribution in [3.8, 4) is 0 Å². The number of carbonyl (C=O) groups excluding carboxylic acids is 1. The molecule has 0 aromatic heterocycles. The van der Waals surface area contributed by atoms with Crippen LogP contribution in [0.1, 0.15) is 37.7 Å². The molecule has 1 saturated carbocycles. The molecule has 0 bridgehead atoms. The first-order valence-electron chi connectivity index (χ1n) is 7.70. The van der Waals surface area contributed by atoms with Crippen LogP contribution in [0.15, 0.2) is 36.5 Å². The summed E-state index contributed by atoms with van der Waals surface area (Å²) < 4.78 is 13.4. The minimum Gasteiger partial charge on any atom is -0.338 e. The molecule has 0 saturated heterocycles. The molecule has 0 unspecified atom stereocenters. The number of hydrogen-bond acceptors (Lipinski definition) is 1. The lowest BCUT2D eigenvalue weighted by Crippen LogP contribution is -2.33. The molecule has 0 radical (unpaired) electrons.